The first-order chi connectivity index (χ1) is 16.2. The monoisotopic (exact) mass is 458 g/mol. The zero-order chi connectivity index (χ0) is 22.6. The minimum Gasteiger partial charge on any atom is -0.484 e. The van der Waals surface area contributed by atoms with Crippen molar-refractivity contribution in [3.8, 4) is 17.0 Å². The second kappa shape index (κ2) is 9.46. The van der Waals surface area contributed by atoms with E-state index in [1.807, 2.05) is 77.7 Å². The second-order valence-electron chi connectivity index (χ2n) is 7.90. The van der Waals surface area contributed by atoms with Crippen LogP contribution in [-0.4, -0.2) is 53.6 Å². The van der Waals surface area contributed by atoms with E-state index < -0.39 is 0 Å². The topological polar surface area (TPSA) is 58.6 Å². The van der Waals surface area contributed by atoms with Crippen LogP contribution < -0.4 is 9.64 Å². The Morgan fingerprint density at radius 3 is 2.42 bits per heavy atom. The summed E-state index contributed by atoms with van der Waals surface area (Å²) in [5.41, 5.74) is 4.56. The van der Waals surface area contributed by atoms with Crippen LogP contribution >= 0.6 is 11.6 Å². The molecule has 0 saturated carbocycles. The quantitative estimate of drug-likeness (QED) is 0.434. The number of rotatable bonds is 5. The van der Waals surface area contributed by atoms with Crippen LogP contribution in [0.3, 0.4) is 0 Å². The molecule has 0 radical (unpaired) electrons. The van der Waals surface area contributed by atoms with Gasteiger partial charge in [-0.1, -0.05) is 29.8 Å². The number of piperazine rings is 1. The van der Waals surface area contributed by atoms with Crippen LogP contribution in [0, 0.1) is 0 Å². The summed E-state index contributed by atoms with van der Waals surface area (Å²) in [5.74, 6) is 0.642. The SMILES string of the molecule is O=C(COc1ccc(-c2cnc3ccccc3n2)cc1)N1CCN(c2cccc(Cl)c2)CC1. The van der Waals surface area contributed by atoms with E-state index in [2.05, 4.69) is 14.9 Å². The van der Waals surface area contributed by atoms with E-state index in [4.69, 9.17) is 16.3 Å². The molecule has 0 spiro atoms. The summed E-state index contributed by atoms with van der Waals surface area (Å²) >= 11 is 6.10. The molecule has 1 aromatic heterocycles. The third-order valence-electron chi connectivity index (χ3n) is 5.77. The van der Waals surface area contributed by atoms with Crippen molar-refractivity contribution in [3.63, 3.8) is 0 Å². The molecular formula is C26H23ClN4O2. The van der Waals surface area contributed by atoms with Gasteiger partial charge in [-0.3, -0.25) is 9.78 Å². The normalized spacial score (nSPS) is 13.8. The molecule has 7 heteroatoms. The first-order valence-electron chi connectivity index (χ1n) is 10.9. The Balaban J connectivity index is 1.15. The summed E-state index contributed by atoms with van der Waals surface area (Å²) in [5, 5.41) is 0.720. The minimum absolute atomic E-state index is 0.00906. The lowest BCUT2D eigenvalue weighted by Crippen LogP contribution is -2.50. The number of halogens is 1. The Morgan fingerprint density at radius 2 is 1.67 bits per heavy atom. The maximum atomic E-state index is 12.6. The lowest BCUT2D eigenvalue weighted by Gasteiger charge is -2.36. The van der Waals surface area contributed by atoms with Gasteiger partial charge in [0.15, 0.2) is 6.61 Å². The average molecular weight is 459 g/mol. The maximum absolute atomic E-state index is 12.6. The molecule has 3 aromatic carbocycles. The zero-order valence-corrected chi connectivity index (χ0v) is 18.8. The van der Waals surface area contributed by atoms with E-state index in [0.717, 1.165) is 46.1 Å². The molecule has 1 aliphatic heterocycles. The highest BCUT2D eigenvalue weighted by atomic mass is 35.5. The number of anilines is 1. The molecule has 1 amide bonds. The largest absolute Gasteiger partial charge is 0.484 e. The molecule has 166 valence electrons. The maximum Gasteiger partial charge on any atom is 0.260 e. The molecule has 4 aromatic rings. The molecule has 0 unspecified atom stereocenters. The third-order valence-corrected chi connectivity index (χ3v) is 6.00. The van der Waals surface area contributed by atoms with E-state index in [1.165, 1.54) is 0 Å². The number of amides is 1. The minimum atomic E-state index is -0.00906. The Kier molecular flexibility index (Phi) is 6.09. The molecule has 1 saturated heterocycles. The summed E-state index contributed by atoms with van der Waals surface area (Å²) < 4.78 is 5.75. The van der Waals surface area contributed by atoms with E-state index >= 15 is 0 Å². The molecule has 6 nitrogen and oxygen atoms in total. The molecular weight excluding hydrogens is 436 g/mol. The van der Waals surface area contributed by atoms with Gasteiger partial charge in [0.25, 0.3) is 5.91 Å². The summed E-state index contributed by atoms with van der Waals surface area (Å²) in [7, 11) is 0. The highest BCUT2D eigenvalue weighted by Gasteiger charge is 2.21. The Hall–Kier alpha value is -3.64. The van der Waals surface area contributed by atoms with Gasteiger partial charge in [0.05, 0.1) is 22.9 Å². The van der Waals surface area contributed by atoms with Gasteiger partial charge in [-0.25, -0.2) is 4.98 Å². The van der Waals surface area contributed by atoms with Gasteiger partial charge in [0, 0.05) is 42.5 Å². The number of benzene rings is 3. The number of fused-ring (bicyclic) bond motifs is 1. The first kappa shape index (κ1) is 21.2. The van der Waals surface area contributed by atoms with Crippen molar-refractivity contribution in [1.82, 2.24) is 14.9 Å². The molecule has 0 bridgehead atoms. The van der Waals surface area contributed by atoms with Crippen molar-refractivity contribution in [2.24, 2.45) is 0 Å². The van der Waals surface area contributed by atoms with E-state index in [9.17, 15) is 4.79 Å². The van der Waals surface area contributed by atoms with Crippen LogP contribution in [0.5, 0.6) is 5.75 Å². The van der Waals surface area contributed by atoms with Crippen molar-refractivity contribution in [1.29, 1.82) is 0 Å². The van der Waals surface area contributed by atoms with Gasteiger partial charge < -0.3 is 14.5 Å². The molecule has 33 heavy (non-hydrogen) atoms. The molecule has 1 aliphatic rings. The predicted octanol–water partition coefficient (Wildman–Crippen LogP) is 4.68. The number of hydrogen-bond donors (Lipinski definition) is 0. The molecule has 5 rings (SSSR count). The predicted molar refractivity (Wildman–Crippen MR) is 131 cm³/mol. The van der Waals surface area contributed by atoms with Crippen LogP contribution in [0.25, 0.3) is 22.3 Å². The lowest BCUT2D eigenvalue weighted by molar-refractivity contribution is -0.133. The van der Waals surface area contributed by atoms with Crippen LogP contribution in [0.15, 0.2) is 79.0 Å². The smallest absolute Gasteiger partial charge is 0.260 e. The van der Waals surface area contributed by atoms with Gasteiger partial charge in [-0.05, 0) is 54.6 Å². The summed E-state index contributed by atoms with van der Waals surface area (Å²) in [4.78, 5) is 25.8. The fourth-order valence-electron chi connectivity index (χ4n) is 3.94. The van der Waals surface area contributed by atoms with Gasteiger partial charge in [-0.15, -0.1) is 0 Å². The fourth-order valence-corrected chi connectivity index (χ4v) is 4.13. The van der Waals surface area contributed by atoms with Crippen LogP contribution in [0.2, 0.25) is 5.02 Å². The van der Waals surface area contributed by atoms with Crippen LogP contribution in [-0.2, 0) is 4.79 Å². The first-order valence-corrected chi connectivity index (χ1v) is 11.3. The highest BCUT2D eigenvalue weighted by molar-refractivity contribution is 6.30. The number of ether oxygens (including phenoxy) is 1. The summed E-state index contributed by atoms with van der Waals surface area (Å²) in [6.45, 7) is 2.88. The molecule has 2 heterocycles. The summed E-state index contributed by atoms with van der Waals surface area (Å²) in [6, 6.07) is 23.2. The standard InChI is InChI=1S/C26H23ClN4O2/c27-20-4-3-5-21(16-20)30-12-14-31(15-13-30)26(32)18-33-22-10-8-19(9-11-22)25-17-28-23-6-1-2-7-24(23)29-25/h1-11,16-17H,12-15,18H2. The van der Waals surface area contributed by atoms with E-state index in [-0.39, 0.29) is 12.5 Å². The molecule has 0 N–H and O–H groups in total. The molecule has 0 atom stereocenters. The summed E-state index contributed by atoms with van der Waals surface area (Å²) in [6.07, 6.45) is 1.77. The zero-order valence-electron chi connectivity index (χ0n) is 18.0. The number of hydrogen-bond acceptors (Lipinski definition) is 5. The van der Waals surface area contributed by atoms with Crippen molar-refractivity contribution < 1.29 is 9.53 Å². The molecule has 0 aliphatic carbocycles. The van der Waals surface area contributed by atoms with Crippen LogP contribution in [0.1, 0.15) is 0 Å². The third kappa shape index (κ3) is 4.91. The number of nitrogens with zero attached hydrogens (tertiary/aromatic N) is 4. The van der Waals surface area contributed by atoms with E-state index in [0.29, 0.717) is 18.8 Å². The number of aromatic nitrogens is 2. The van der Waals surface area contributed by atoms with Gasteiger partial charge in [-0.2, -0.15) is 0 Å². The second-order valence-corrected chi connectivity index (χ2v) is 8.34. The average Bonchev–Trinajstić information content (AvgIpc) is 2.87. The highest BCUT2D eigenvalue weighted by Crippen LogP contribution is 2.23. The van der Waals surface area contributed by atoms with Gasteiger partial charge in [0.1, 0.15) is 5.75 Å². The van der Waals surface area contributed by atoms with E-state index in [1.54, 1.807) is 6.20 Å². The van der Waals surface area contributed by atoms with Gasteiger partial charge in [0.2, 0.25) is 0 Å². The van der Waals surface area contributed by atoms with Crippen LogP contribution in [0.4, 0.5) is 5.69 Å². The number of carbonyl (C=O) groups excluding carboxylic acids is 1. The Morgan fingerprint density at radius 1 is 0.909 bits per heavy atom. The Labute approximate surface area is 197 Å². The fraction of sp³-hybridized carbons (Fsp3) is 0.192. The molecule has 1 fully saturated rings. The van der Waals surface area contributed by atoms with Crippen molar-refractivity contribution >= 4 is 34.2 Å². The van der Waals surface area contributed by atoms with Crippen molar-refractivity contribution in [2.45, 2.75) is 0 Å². The van der Waals surface area contributed by atoms with Gasteiger partial charge >= 0.3 is 0 Å². The lowest BCUT2D eigenvalue weighted by atomic mass is 10.1. The van der Waals surface area contributed by atoms with Crippen molar-refractivity contribution in [3.05, 3.63) is 84.0 Å². The van der Waals surface area contributed by atoms with Crippen molar-refractivity contribution in [2.75, 3.05) is 37.7 Å². The number of carbonyl (C=O) groups is 1. The Bertz CT molecular complexity index is 1270. The number of para-hydroxylation sites is 2.